The van der Waals surface area contributed by atoms with E-state index in [4.69, 9.17) is 0 Å². The van der Waals surface area contributed by atoms with Crippen molar-refractivity contribution in [2.75, 3.05) is 44.2 Å². The second-order valence-electron chi connectivity index (χ2n) is 9.31. The van der Waals surface area contributed by atoms with Crippen molar-refractivity contribution in [2.24, 2.45) is 0 Å². The predicted molar refractivity (Wildman–Crippen MR) is 141 cm³/mol. The molecule has 1 aromatic carbocycles. The predicted octanol–water partition coefficient (Wildman–Crippen LogP) is 4.07. The second kappa shape index (κ2) is 12.0. The Bertz CT molecular complexity index is 1100. The lowest BCUT2D eigenvalue weighted by Crippen LogP contribution is -2.49. The molecule has 0 aliphatic carbocycles. The number of piperazine rings is 1. The van der Waals surface area contributed by atoms with Gasteiger partial charge in [-0.15, -0.1) is 0 Å². The van der Waals surface area contributed by atoms with Crippen molar-refractivity contribution in [3.05, 3.63) is 41.1 Å². The molecule has 8 nitrogen and oxygen atoms in total. The molecule has 0 N–H and O–H groups in total. The largest absolute Gasteiger partial charge is 0.369 e. The first-order chi connectivity index (χ1) is 16.7. The van der Waals surface area contributed by atoms with E-state index >= 15 is 0 Å². The molecular formula is C26H41N5O3S. The van der Waals surface area contributed by atoms with E-state index in [0.717, 1.165) is 31.4 Å². The van der Waals surface area contributed by atoms with Gasteiger partial charge in [0.15, 0.2) is 0 Å². The molecule has 0 spiro atoms. The minimum absolute atomic E-state index is 0.109. The van der Waals surface area contributed by atoms with Crippen LogP contribution in [0.25, 0.3) is 0 Å². The van der Waals surface area contributed by atoms with Gasteiger partial charge in [-0.2, -0.15) is 9.40 Å². The first kappa shape index (κ1) is 27.2. The molecule has 9 heteroatoms. The molecule has 0 radical (unpaired) electrons. The fourth-order valence-electron chi connectivity index (χ4n) is 4.46. The van der Waals surface area contributed by atoms with Crippen LogP contribution in [0.15, 0.2) is 29.4 Å². The third-order valence-electron chi connectivity index (χ3n) is 6.87. The Morgan fingerprint density at radius 3 is 2.20 bits per heavy atom. The summed E-state index contributed by atoms with van der Waals surface area (Å²) in [5, 5.41) is 4.26. The van der Waals surface area contributed by atoms with Crippen LogP contribution >= 0.6 is 0 Å². The Kier molecular flexibility index (Phi) is 9.35. The van der Waals surface area contributed by atoms with Gasteiger partial charge in [0, 0.05) is 57.7 Å². The van der Waals surface area contributed by atoms with E-state index < -0.39 is 10.0 Å². The van der Waals surface area contributed by atoms with Crippen molar-refractivity contribution in [1.82, 2.24) is 19.0 Å². The van der Waals surface area contributed by atoms with Crippen LogP contribution in [0.2, 0.25) is 0 Å². The van der Waals surface area contributed by atoms with Crippen LogP contribution in [0.3, 0.4) is 0 Å². The summed E-state index contributed by atoms with van der Waals surface area (Å²) in [6.07, 6.45) is 5.33. The highest BCUT2D eigenvalue weighted by Gasteiger charge is 2.36. The lowest BCUT2D eigenvalue weighted by Gasteiger charge is -2.36. The van der Waals surface area contributed by atoms with E-state index in [-0.39, 0.29) is 16.5 Å². The zero-order valence-electron chi connectivity index (χ0n) is 22.0. The number of nitrogens with zero attached hydrogens (tertiary/aromatic N) is 5. The van der Waals surface area contributed by atoms with Crippen molar-refractivity contribution in [3.63, 3.8) is 0 Å². The molecule has 0 atom stereocenters. The van der Waals surface area contributed by atoms with Gasteiger partial charge in [0.1, 0.15) is 0 Å². The molecular weight excluding hydrogens is 462 g/mol. The van der Waals surface area contributed by atoms with Crippen LogP contribution < -0.4 is 4.90 Å². The lowest BCUT2D eigenvalue weighted by molar-refractivity contribution is 0.0747. The summed E-state index contributed by atoms with van der Waals surface area (Å²) in [5.74, 6) is -0.237. The number of aryl methyl sites for hydroxylation is 2. The van der Waals surface area contributed by atoms with Gasteiger partial charge in [-0.05, 0) is 50.8 Å². The highest BCUT2D eigenvalue weighted by Crippen LogP contribution is 2.27. The van der Waals surface area contributed by atoms with Gasteiger partial charge in [0.05, 0.1) is 5.56 Å². The highest BCUT2D eigenvalue weighted by molar-refractivity contribution is 7.89. The summed E-state index contributed by atoms with van der Waals surface area (Å²) < 4.78 is 30.5. The Morgan fingerprint density at radius 2 is 1.63 bits per heavy atom. The first-order valence-corrected chi connectivity index (χ1v) is 14.4. The number of hydrogen-bond acceptors (Lipinski definition) is 5. The van der Waals surface area contributed by atoms with Crippen molar-refractivity contribution in [2.45, 2.75) is 71.9 Å². The zero-order valence-corrected chi connectivity index (χ0v) is 22.8. The number of carbonyl (C=O) groups is 1. The molecule has 1 fully saturated rings. The maximum Gasteiger partial charge on any atom is 0.263 e. The molecule has 1 aromatic heterocycles. The minimum Gasteiger partial charge on any atom is -0.369 e. The number of rotatable bonds is 11. The van der Waals surface area contributed by atoms with Crippen molar-refractivity contribution >= 4 is 21.6 Å². The van der Waals surface area contributed by atoms with Crippen LogP contribution in [0.4, 0.5) is 5.69 Å². The topological polar surface area (TPSA) is 78.8 Å². The molecule has 1 aliphatic rings. The summed E-state index contributed by atoms with van der Waals surface area (Å²) in [7, 11) is -3.90. The Balaban J connectivity index is 1.84. The van der Waals surface area contributed by atoms with Gasteiger partial charge in [-0.3, -0.25) is 9.48 Å². The monoisotopic (exact) mass is 503 g/mol. The Morgan fingerprint density at radius 1 is 1.00 bits per heavy atom. The summed E-state index contributed by atoms with van der Waals surface area (Å²) >= 11 is 0. The lowest BCUT2D eigenvalue weighted by atomic mass is 10.1. The average molecular weight is 504 g/mol. The smallest absolute Gasteiger partial charge is 0.263 e. The molecule has 0 bridgehead atoms. The van der Waals surface area contributed by atoms with Crippen molar-refractivity contribution < 1.29 is 13.2 Å². The fraction of sp³-hybridized carbons (Fsp3) is 0.615. The van der Waals surface area contributed by atoms with Gasteiger partial charge in [0.2, 0.25) is 5.03 Å². The number of sulfonamides is 1. The summed E-state index contributed by atoms with van der Waals surface area (Å²) in [6.45, 7) is 13.9. The van der Waals surface area contributed by atoms with E-state index in [1.807, 2.05) is 13.0 Å². The summed E-state index contributed by atoms with van der Waals surface area (Å²) in [4.78, 5) is 17.6. The van der Waals surface area contributed by atoms with Crippen LogP contribution in [0.1, 0.15) is 67.9 Å². The maximum absolute atomic E-state index is 13.7. The number of anilines is 1. The second-order valence-corrected chi connectivity index (χ2v) is 11.2. The van der Waals surface area contributed by atoms with Crippen LogP contribution in [-0.4, -0.2) is 72.6 Å². The van der Waals surface area contributed by atoms with Crippen LogP contribution in [0, 0.1) is 13.8 Å². The fourth-order valence-corrected chi connectivity index (χ4v) is 5.97. The van der Waals surface area contributed by atoms with Gasteiger partial charge in [-0.1, -0.05) is 38.8 Å². The standard InChI is InChI=1S/C26H41N5O3S/c1-6-9-14-29(15-10-7-2)26(32)23-20-30(8-3)27-25(23)35(33,34)31-18-16-28(17-19-31)24-13-11-12-21(4)22(24)5/h11-13,20H,6-10,14-19H2,1-5H3. The summed E-state index contributed by atoms with van der Waals surface area (Å²) in [5.41, 5.74) is 3.78. The SMILES string of the molecule is CCCCN(CCCC)C(=O)c1cn(CC)nc1S(=O)(=O)N1CCN(c2cccc(C)c2C)CC1. The quantitative estimate of drug-likeness (QED) is 0.462. The van der Waals surface area contributed by atoms with Gasteiger partial charge < -0.3 is 9.80 Å². The summed E-state index contributed by atoms with van der Waals surface area (Å²) in [6, 6.07) is 6.22. The number of aromatic nitrogens is 2. The van der Waals surface area contributed by atoms with E-state index in [1.54, 1.807) is 15.8 Å². The molecule has 0 saturated carbocycles. The van der Waals surface area contributed by atoms with Gasteiger partial charge >= 0.3 is 0 Å². The normalized spacial score (nSPS) is 14.9. The first-order valence-electron chi connectivity index (χ1n) is 12.9. The molecule has 194 valence electrons. The van der Waals surface area contributed by atoms with Gasteiger partial charge in [0.25, 0.3) is 15.9 Å². The molecule has 1 amide bonds. The van der Waals surface area contributed by atoms with Crippen molar-refractivity contribution in [1.29, 1.82) is 0 Å². The number of unbranched alkanes of at least 4 members (excludes halogenated alkanes) is 2. The number of amides is 1. The minimum atomic E-state index is -3.90. The number of benzene rings is 1. The Labute approximate surface area is 210 Å². The molecule has 1 saturated heterocycles. The van der Waals surface area contributed by atoms with E-state index in [1.165, 1.54) is 15.4 Å². The van der Waals surface area contributed by atoms with Gasteiger partial charge in [-0.25, -0.2) is 8.42 Å². The third kappa shape index (κ3) is 6.06. The zero-order chi connectivity index (χ0) is 25.6. The molecule has 2 aromatic rings. The number of carbonyl (C=O) groups excluding carboxylic acids is 1. The van der Waals surface area contributed by atoms with E-state index in [0.29, 0.717) is 45.8 Å². The van der Waals surface area contributed by atoms with Crippen LogP contribution in [0.5, 0.6) is 0 Å². The Hall–Kier alpha value is -2.39. The number of hydrogen-bond donors (Lipinski definition) is 0. The maximum atomic E-state index is 13.7. The molecule has 2 heterocycles. The van der Waals surface area contributed by atoms with Crippen molar-refractivity contribution in [3.8, 4) is 0 Å². The molecule has 1 aliphatic heterocycles. The molecule has 3 rings (SSSR count). The average Bonchev–Trinajstić information content (AvgIpc) is 3.31. The third-order valence-corrected chi connectivity index (χ3v) is 8.71. The van der Waals surface area contributed by atoms with E-state index in [2.05, 4.69) is 49.8 Å². The molecule has 35 heavy (non-hydrogen) atoms. The molecule has 0 unspecified atom stereocenters. The highest BCUT2D eigenvalue weighted by atomic mass is 32.2. The van der Waals surface area contributed by atoms with Crippen LogP contribution in [-0.2, 0) is 16.6 Å². The van der Waals surface area contributed by atoms with E-state index in [9.17, 15) is 13.2 Å².